The SMILES string of the molecule is CCCC(Sc1cc(NC(=O)C(C)C)c(F)cc1F)C(=O)OC(C)C. The van der Waals surface area contributed by atoms with Gasteiger partial charge in [-0.05, 0) is 26.3 Å². The third-order valence-electron chi connectivity index (χ3n) is 3.24. The first-order valence-corrected chi connectivity index (χ1v) is 9.20. The van der Waals surface area contributed by atoms with E-state index >= 15 is 0 Å². The Morgan fingerprint density at radius 3 is 2.32 bits per heavy atom. The summed E-state index contributed by atoms with van der Waals surface area (Å²) < 4.78 is 33.2. The fraction of sp³-hybridized carbons (Fsp3) is 0.556. The molecule has 4 nitrogen and oxygen atoms in total. The fourth-order valence-electron chi connectivity index (χ4n) is 1.94. The van der Waals surface area contributed by atoms with Crippen LogP contribution in [0.15, 0.2) is 17.0 Å². The summed E-state index contributed by atoms with van der Waals surface area (Å²) >= 11 is 0.981. The first kappa shape index (κ1) is 21.4. The van der Waals surface area contributed by atoms with Gasteiger partial charge in [0, 0.05) is 16.9 Å². The Kier molecular flexibility index (Phi) is 8.35. The summed E-state index contributed by atoms with van der Waals surface area (Å²) in [6, 6.07) is 1.94. The van der Waals surface area contributed by atoms with Crippen molar-refractivity contribution < 1.29 is 23.1 Å². The van der Waals surface area contributed by atoms with E-state index in [1.807, 2.05) is 6.92 Å². The van der Waals surface area contributed by atoms with E-state index in [1.54, 1.807) is 27.7 Å². The number of amides is 1. The lowest BCUT2D eigenvalue weighted by Gasteiger charge is -2.18. The fourth-order valence-corrected chi connectivity index (χ4v) is 3.11. The van der Waals surface area contributed by atoms with Crippen molar-refractivity contribution in [1.29, 1.82) is 0 Å². The Hall–Kier alpha value is -1.63. The van der Waals surface area contributed by atoms with Crippen molar-refractivity contribution in [1.82, 2.24) is 0 Å². The van der Waals surface area contributed by atoms with Crippen molar-refractivity contribution in [2.24, 2.45) is 5.92 Å². The van der Waals surface area contributed by atoms with Crippen LogP contribution in [0.3, 0.4) is 0 Å². The van der Waals surface area contributed by atoms with Gasteiger partial charge in [-0.3, -0.25) is 9.59 Å². The third-order valence-corrected chi connectivity index (χ3v) is 4.52. The maximum absolute atomic E-state index is 14.1. The van der Waals surface area contributed by atoms with Gasteiger partial charge in [0.25, 0.3) is 0 Å². The second-order valence-electron chi connectivity index (χ2n) is 6.29. The number of hydrogen-bond donors (Lipinski definition) is 1. The molecule has 0 fully saturated rings. The number of benzene rings is 1. The maximum atomic E-state index is 14.1. The number of ether oxygens (including phenoxy) is 1. The molecule has 1 aromatic carbocycles. The van der Waals surface area contributed by atoms with Crippen LogP contribution in [-0.2, 0) is 14.3 Å². The highest BCUT2D eigenvalue weighted by molar-refractivity contribution is 8.00. The molecule has 1 N–H and O–H groups in total. The Morgan fingerprint density at radius 1 is 1.16 bits per heavy atom. The minimum absolute atomic E-state index is 0.0969. The molecule has 0 saturated carbocycles. The van der Waals surface area contributed by atoms with E-state index in [2.05, 4.69) is 5.32 Å². The molecule has 1 amide bonds. The summed E-state index contributed by atoms with van der Waals surface area (Å²) in [4.78, 5) is 24.0. The van der Waals surface area contributed by atoms with Crippen LogP contribution in [0.5, 0.6) is 0 Å². The molecule has 25 heavy (non-hydrogen) atoms. The Labute approximate surface area is 151 Å². The van der Waals surface area contributed by atoms with Crippen LogP contribution in [0.1, 0.15) is 47.5 Å². The standard InChI is InChI=1S/C18H25F2NO3S/c1-6-7-15(18(23)24-11(4)5)25-16-9-14(12(19)8-13(16)20)21-17(22)10(2)3/h8-11,15H,6-7H2,1-5H3,(H,21,22). The topological polar surface area (TPSA) is 55.4 Å². The van der Waals surface area contributed by atoms with Gasteiger partial charge in [-0.15, -0.1) is 11.8 Å². The van der Waals surface area contributed by atoms with Crippen molar-refractivity contribution in [3.05, 3.63) is 23.8 Å². The molecule has 1 rings (SSSR count). The van der Waals surface area contributed by atoms with Gasteiger partial charge in [0.2, 0.25) is 5.91 Å². The summed E-state index contributed by atoms with van der Waals surface area (Å²) in [5.41, 5.74) is -0.102. The number of anilines is 1. The van der Waals surface area contributed by atoms with E-state index in [-0.39, 0.29) is 28.5 Å². The number of rotatable bonds is 8. The number of thioether (sulfide) groups is 1. The number of halogens is 2. The predicted octanol–water partition coefficient (Wildman–Crippen LogP) is 4.77. The molecule has 0 aliphatic heterocycles. The molecular weight excluding hydrogens is 348 g/mol. The third kappa shape index (κ3) is 6.65. The number of nitrogens with one attached hydrogen (secondary N) is 1. The highest BCUT2D eigenvalue weighted by Crippen LogP contribution is 2.33. The van der Waals surface area contributed by atoms with E-state index in [0.29, 0.717) is 12.8 Å². The van der Waals surface area contributed by atoms with E-state index < -0.39 is 22.9 Å². The largest absolute Gasteiger partial charge is 0.462 e. The van der Waals surface area contributed by atoms with Crippen LogP contribution in [-0.4, -0.2) is 23.2 Å². The van der Waals surface area contributed by atoms with Gasteiger partial charge < -0.3 is 10.1 Å². The van der Waals surface area contributed by atoms with Gasteiger partial charge in [0.15, 0.2) is 0 Å². The molecule has 1 atom stereocenters. The van der Waals surface area contributed by atoms with Crippen molar-refractivity contribution >= 4 is 29.3 Å². The van der Waals surface area contributed by atoms with Crippen molar-refractivity contribution in [3.8, 4) is 0 Å². The quantitative estimate of drug-likeness (QED) is 0.527. The molecule has 1 unspecified atom stereocenters. The van der Waals surface area contributed by atoms with Gasteiger partial charge in [-0.25, -0.2) is 8.78 Å². The zero-order valence-corrected chi connectivity index (χ0v) is 16.0. The normalized spacial score (nSPS) is 12.4. The molecule has 0 saturated heterocycles. The van der Waals surface area contributed by atoms with E-state index in [4.69, 9.17) is 4.74 Å². The average Bonchev–Trinajstić information content (AvgIpc) is 2.50. The van der Waals surface area contributed by atoms with Crippen LogP contribution >= 0.6 is 11.8 Å². The van der Waals surface area contributed by atoms with Gasteiger partial charge >= 0.3 is 5.97 Å². The maximum Gasteiger partial charge on any atom is 0.319 e. The van der Waals surface area contributed by atoms with Crippen LogP contribution in [0.2, 0.25) is 0 Å². The molecule has 0 aliphatic carbocycles. The zero-order valence-electron chi connectivity index (χ0n) is 15.2. The molecule has 0 spiro atoms. The molecule has 7 heteroatoms. The molecule has 0 bridgehead atoms. The molecule has 0 radical (unpaired) electrons. The van der Waals surface area contributed by atoms with Crippen LogP contribution < -0.4 is 5.32 Å². The number of esters is 1. The van der Waals surface area contributed by atoms with Crippen LogP contribution in [0.4, 0.5) is 14.5 Å². The summed E-state index contributed by atoms with van der Waals surface area (Å²) in [6.07, 6.45) is 0.942. The summed E-state index contributed by atoms with van der Waals surface area (Å²) in [5, 5.41) is 1.84. The second kappa shape index (κ2) is 9.75. The van der Waals surface area contributed by atoms with E-state index in [9.17, 15) is 18.4 Å². The van der Waals surface area contributed by atoms with E-state index in [1.165, 1.54) is 6.07 Å². The molecular formula is C18H25F2NO3S. The number of carbonyl (C=O) groups excluding carboxylic acids is 2. The average molecular weight is 373 g/mol. The number of carbonyl (C=O) groups is 2. The van der Waals surface area contributed by atoms with Gasteiger partial charge in [-0.2, -0.15) is 0 Å². The van der Waals surface area contributed by atoms with Crippen molar-refractivity contribution in [2.45, 2.75) is 63.7 Å². The predicted molar refractivity (Wildman–Crippen MR) is 95.6 cm³/mol. The Balaban J connectivity index is 3.05. The lowest BCUT2D eigenvalue weighted by atomic mass is 10.2. The van der Waals surface area contributed by atoms with Crippen molar-refractivity contribution in [3.63, 3.8) is 0 Å². The second-order valence-corrected chi connectivity index (χ2v) is 7.53. The highest BCUT2D eigenvalue weighted by Gasteiger charge is 2.24. The molecule has 0 heterocycles. The molecule has 0 aromatic heterocycles. The minimum Gasteiger partial charge on any atom is -0.462 e. The number of hydrogen-bond acceptors (Lipinski definition) is 4. The Bertz CT molecular complexity index is 621. The van der Waals surface area contributed by atoms with Crippen LogP contribution in [0, 0.1) is 17.6 Å². The molecule has 1 aromatic rings. The minimum atomic E-state index is -0.854. The van der Waals surface area contributed by atoms with Gasteiger partial charge in [-0.1, -0.05) is 27.2 Å². The monoisotopic (exact) mass is 373 g/mol. The zero-order chi connectivity index (χ0) is 19.1. The first-order chi connectivity index (χ1) is 11.6. The first-order valence-electron chi connectivity index (χ1n) is 8.32. The summed E-state index contributed by atoms with van der Waals surface area (Å²) in [5.74, 6) is -2.77. The van der Waals surface area contributed by atoms with E-state index in [0.717, 1.165) is 17.8 Å². The Morgan fingerprint density at radius 2 is 1.80 bits per heavy atom. The summed E-state index contributed by atoms with van der Waals surface area (Å²) in [6.45, 7) is 8.73. The molecule has 0 aliphatic rings. The van der Waals surface area contributed by atoms with Gasteiger partial charge in [0.1, 0.15) is 16.9 Å². The molecule has 140 valence electrons. The lowest BCUT2D eigenvalue weighted by molar-refractivity contribution is -0.146. The van der Waals surface area contributed by atoms with Gasteiger partial charge in [0.05, 0.1) is 11.8 Å². The highest BCUT2D eigenvalue weighted by atomic mass is 32.2. The van der Waals surface area contributed by atoms with Crippen LogP contribution in [0.25, 0.3) is 0 Å². The summed E-state index contributed by atoms with van der Waals surface area (Å²) in [7, 11) is 0. The van der Waals surface area contributed by atoms with Crippen molar-refractivity contribution in [2.75, 3.05) is 5.32 Å². The lowest BCUT2D eigenvalue weighted by Crippen LogP contribution is -2.23. The smallest absolute Gasteiger partial charge is 0.319 e.